The Kier molecular flexibility index (Phi) is 2.16. The third-order valence-corrected chi connectivity index (χ3v) is 2.47. The molecule has 0 aliphatic carbocycles. The summed E-state index contributed by atoms with van der Waals surface area (Å²) in [5.74, 6) is 0.591. The molecule has 5 heteroatoms. The minimum Gasteiger partial charge on any atom is -0.374 e. The fraction of sp³-hybridized carbons (Fsp3) is 0. The van der Waals surface area contributed by atoms with E-state index in [1.807, 2.05) is 24.3 Å². The highest BCUT2D eigenvalue weighted by molar-refractivity contribution is 7.13. The number of hydrogen-bond acceptors (Lipinski definition) is 3. The summed E-state index contributed by atoms with van der Waals surface area (Å²) < 4.78 is 5.21. The van der Waals surface area contributed by atoms with Gasteiger partial charge in [0.25, 0.3) is 0 Å². The van der Waals surface area contributed by atoms with E-state index in [9.17, 15) is 0 Å². The van der Waals surface area contributed by atoms with E-state index in [2.05, 4.69) is 9.37 Å². The van der Waals surface area contributed by atoms with Gasteiger partial charge in [0.2, 0.25) is 0 Å². The van der Waals surface area contributed by atoms with Crippen molar-refractivity contribution < 1.29 is 0 Å². The average molecular weight is 212 g/mol. The van der Waals surface area contributed by atoms with Crippen molar-refractivity contribution in [1.82, 2.24) is 4.37 Å². The maximum Gasteiger partial charge on any atom is 0.195 e. The van der Waals surface area contributed by atoms with E-state index in [0.29, 0.717) is 5.82 Å². The first-order chi connectivity index (χ1) is 6.27. The van der Waals surface area contributed by atoms with Crippen molar-refractivity contribution in [3.63, 3.8) is 0 Å². The minimum absolute atomic E-state index is 0.0102. The molecule has 1 aromatic heterocycles. The predicted octanol–water partition coefficient (Wildman–Crippen LogP) is 2.48. The first-order valence-electron chi connectivity index (χ1n) is 3.61. The maximum absolute atomic E-state index is 5.46. The summed E-state index contributed by atoms with van der Waals surface area (Å²) >= 11 is 6.85. The third kappa shape index (κ3) is 1.64. The Hall–Kier alpha value is -1.13. The first kappa shape index (κ1) is 8.47. The molecule has 0 atom stereocenters. The first-order valence-corrected chi connectivity index (χ1v) is 4.76. The Morgan fingerprint density at radius 2 is 2.23 bits per heavy atom. The van der Waals surface area contributed by atoms with Crippen molar-refractivity contribution in [2.24, 2.45) is 10.7 Å². The third-order valence-electron chi connectivity index (χ3n) is 1.57. The number of rotatable bonds is 1. The summed E-state index contributed by atoms with van der Waals surface area (Å²) in [6, 6.07) is 7.81. The molecule has 0 aliphatic heterocycles. The minimum atomic E-state index is 0.0102. The van der Waals surface area contributed by atoms with E-state index in [4.69, 9.17) is 17.3 Å². The highest BCUT2D eigenvalue weighted by Crippen LogP contribution is 2.28. The van der Waals surface area contributed by atoms with Gasteiger partial charge in [0, 0.05) is 5.39 Å². The number of nitrogens with zero attached hydrogens (tertiary/aromatic N) is 2. The zero-order valence-electron chi connectivity index (χ0n) is 6.57. The van der Waals surface area contributed by atoms with Crippen molar-refractivity contribution in [2.75, 3.05) is 0 Å². The van der Waals surface area contributed by atoms with Crippen LogP contribution >= 0.6 is 23.1 Å². The van der Waals surface area contributed by atoms with Crippen LogP contribution in [0.5, 0.6) is 0 Å². The smallest absolute Gasteiger partial charge is 0.195 e. The number of aromatic nitrogens is 1. The Balaban J connectivity index is 2.65. The molecule has 2 rings (SSSR count). The second-order valence-electron chi connectivity index (χ2n) is 2.44. The van der Waals surface area contributed by atoms with Crippen molar-refractivity contribution in [1.29, 1.82) is 0 Å². The fourth-order valence-electron chi connectivity index (χ4n) is 1.05. The molecule has 0 saturated heterocycles. The van der Waals surface area contributed by atoms with Crippen LogP contribution in [0.4, 0.5) is 5.82 Å². The normalized spacial score (nSPS) is 12.2. The van der Waals surface area contributed by atoms with E-state index in [-0.39, 0.29) is 5.29 Å². The molecule has 0 amide bonds. The Morgan fingerprint density at radius 1 is 1.46 bits per heavy atom. The van der Waals surface area contributed by atoms with Gasteiger partial charge in [-0.1, -0.05) is 12.1 Å². The molecule has 2 aromatic rings. The van der Waals surface area contributed by atoms with Crippen molar-refractivity contribution >= 4 is 44.3 Å². The quantitative estimate of drug-likeness (QED) is 0.448. The molecule has 13 heavy (non-hydrogen) atoms. The van der Waals surface area contributed by atoms with Crippen molar-refractivity contribution in [2.45, 2.75) is 0 Å². The van der Waals surface area contributed by atoms with E-state index in [1.54, 1.807) is 0 Å². The number of aliphatic imine (C=N–C) groups is 1. The van der Waals surface area contributed by atoms with Crippen LogP contribution in [-0.4, -0.2) is 9.67 Å². The molecule has 0 fully saturated rings. The molecular weight excluding hydrogens is 206 g/mol. The lowest BCUT2D eigenvalue weighted by Gasteiger charge is -1.88. The standard InChI is InChI=1S/C8H6ClN3S/c9-8(10)11-7-5-3-1-2-4-6(5)13-12-7/h1-4H,(H2,10,11,12). The van der Waals surface area contributed by atoms with Gasteiger partial charge < -0.3 is 5.73 Å². The lowest BCUT2D eigenvalue weighted by atomic mass is 10.3. The number of amidine groups is 1. The molecule has 0 bridgehead atoms. The van der Waals surface area contributed by atoms with Crippen molar-refractivity contribution in [3.05, 3.63) is 24.3 Å². The van der Waals surface area contributed by atoms with Crippen LogP contribution in [0.15, 0.2) is 29.3 Å². The largest absolute Gasteiger partial charge is 0.374 e. The van der Waals surface area contributed by atoms with Crippen LogP contribution in [0.3, 0.4) is 0 Å². The topological polar surface area (TPSA) is 51.3 Å². The lowest BCUT2D eigenvalue weighted by molar-refractivity contribution is 1.43. The van der Waals surface area contributed by atoms with Crippen LogP contribution in [0.2, 0.25) is 0 Å². The molecule has 0 saturated carbocycles. The highest BCUT2D eigenvalue weighted by Gasteiger charge is 2.03. The molecule has 1 heterocycles. The fourth-order valence-corrected chi connectivity index (χ4v) is 1.86. The zero-order valence-corrected chi connectivity index (χ0v) is 8.14. The molecule has 0 unspecified atom stereocenters. The Bertz CT molecular complexity index is 459. The molecule has 2 N–H and O–H groups in total. The molecule has 1 aromatic carbocycles. The van der Waals surface area contributed by atoms with Gasteiger partial charge in [0.05, 0.1) is 4.70 Å². The summed E-state index contributed by atoms with van der Waals surface area (Å²) in [6.45, 7) is 0. The second-order valence-corrected chi connectivity index (χ2v) is 3.63. The number of nitrogens with two attached hydrogens (primary N) is 1. The van der Waals surface area contributed by atoms with Gasteiger partial charge >= 0.3 is 0 Å². The summed E-state index contributed by atoms with van der Waals surface area (Å²) in [5, 5.41) is 0.993. The van der Waals surface area contributed by atoms with E-state index in [1.165, 1.54) is 11.5 Å². The molecule has 0 radical (unpaired) electrons. The predicted molar refractivity (Wildman–Crippen MR) is 56.8 cm³/mol. The molecule has 66 valence electrons. The average Bonchev–Trinajstić information content (AvgIpc) is 2.48. The highest BCUT2D eigenvalue weighted by atomic mass is 35.5. The maximum atomic E-state index is 5.46. The van der Waals surface area contributed by atoms with Crippen LogP contribution in [-0.2, 0) is 0 Å². The summed E-state index contributed by atoms with van der Waals surface area (Å²) in [7, 11) is 0. The van der Waals surface area contributed by atoms with Gasteiger partial charge in [-0.25, -0.2) is 0 Å². The lowest BCUT2D eigenvalue weighted by Crippen LogP contribution is -1.99. The van der Waals surface area contributed by atoms with Gasteiger partial charge in [-0.15, -0.1) is 0 Å². The number of halogens is 1. The zero-order chi connectivity index (χ0) is 9.26. The molecular formula is C8H6ClN3S. The van der Waals surface area contributed by atoms with E-state index >= 15 is 0 Å². The SMILES string of the molecule is NC(Cl)=Nc1nsc2ccccc12. The number of fused-ring (bicyclic) bond motifs is 1. The second kappa shape index (κ2) is 3.32. The Morgan fingerprint density at radius 3 is 3.00 bits per heavy atom. The van der Waals surface area contributed by atoms with Crippen LogP contribution in [0.1, 0.15) is 0 Å². The summed E-state index contributed by atoms with van der Waals surface area (Å²) in [5.41, 5.74) is 5.25. The van der Waals surface area contributed by atoms with Crippen LogP contribution < -0.4 is 5.73 Å². The molecule has 3 nitrogen and oxygen atoms in total. The van der Waals surface area contributed by atoms with Gasteiger partial charge in [0.1, 0.15) is 0 Å². The van der Waals surface area contributed by atoms with Gasteiger partial charge in [-0.2, -0.15) is 9.37 Å². The van der Waals surface area contributed by atoms with Crippen molar-refractivity contribution in [3.8, 4) is 0 Å². The van der Waals surface area contributed by atoms with Gasteiger partial charge in [-0.3, -0.25) is 0 Å². The summed E-state index contributed by atoms with van der Waals surface area (Å²) in [4.78, 5) is 3.91. The van der Waals surface area contributed by atoms with E-state index in [0.717, 1.165) is 10.1 Å². The molecule has 0 aliphatic rings. The number of benzene rings is 1. The van der Waals surface area contributed by atoms with Gasteiger partial charge in [-0.05, 0) is 35.3 Å². The Labute approximate surface area is 84.0 Å². The number of hydrogen-bond donors (Lipinski definition) is 1. The van der Waals surface area contributed by atoms with Crippen LogP contribution in [0, 0.1) is 0 Å². The van der Waals surface area contributed by atoms with Gasteiger partial charge in [0.15, 0.2) is 11.1 Å². The van der Waals surface area contributed by atoms with E-state index < -0.39 is 0 Å². The molecule has 0 spiro atoms. The summed E-state index contributed by atoms with van der Waals surface area (Å²) in [6.07, 6.45) is 0. The monoisotopic (exact) mass is 211 g/mol. The van der Waals surface area contributed by atoms with Crippen LogP contribution in [0.25, 0.3) is 10.1 Å².